The molecule has 1 rings (SSSR count). The minimum Gasteiger partial charge on any atom is -0.493 e. The van der Waals surface area contributed by atoms with Crippen LogP contribution in [0.4, 0.5) is 0 Å². The highest BCUT2D eigenvalue weighted by atomic mass is 16.5. The Hall–Kier alpha value is -1.03. The average molecular weight is 211 g/mol. The molecule has 86 valence electrons. The van der Waals surface area contributed by atoms with Gasteiger partial charge in [-0.15, -0.1) is 0 Å². The van der Waals surface area contributed by atoms with E-state index in [0.717, 1.165) is 30.8 Å². The van der Waals surface area contributed by atoms with Crippen LogP contribution in [0.25, 0.3) is 0 Å². The third-order valence-corrected chi connectivity index (χ3v) is 2.51. The van der Waals surface area contributed by atoms with E-state index in [-0.39, 0.29) is 0 Å². The lowest BCUT2D eigenvalue weighted by molar-refractivity contribution is 0.401. The van der Waals surface area contributed by atoms with E-state index >= 15 is 0 Å². The van der Waals surface area contributed by atoms with Crippen molar-refractivity contribution >= 4 is 0 Å². The number of hydrogen-bond donors (Lipinski definition) is 1. The topological polar surface area (TPSA) is 53.1 Å². The van der Waals surface area contributed by atoms with Crippen LogP contribution in [-0.4, -0.2) is 23.4 Å². The van der Waals surface area contributed by atoms with Gasteiger partial charge in [-0.3, -0.25) is 4.68 Å². The normalized spacial score (nSPS) is 12.8. The van der Waals surface area contributed by atoms with Crippen LogP contribution in [0.5, 0.6) is 5.75 Å². The standard InChI is InChI=1S/C11H21N3O/c1-4-5-14-10(6-9(2)7-12)11(15-3)8-13-14/h8-9H,4-7,12H2,1-3H3. The summed E-state index contributed by atoms with van der Waals surface area (Å²) in [7, 11) is 1.68. The van der Waals surface area contributed by atoms with Crippen LogP contribution in [0.15, 0.2) is 6.20 Å². The zero-order chi connectivity index (χ0) is 11.3. The van der Waals surface area contributed by atoms with E-state index in [1.165, 1.54) is 0 Å². The number of aromatic nitrogens is 2. The molecular formula is C11H21N3O. The van der Waals surface area contributed by atoms with Gasteiger partial charge < -0.3 is 10.5 Å². The molecule has 4 heteroatoms. The molecule has 1 heterocycles. The second-order valence-corrected chi connectivity index (χ2v) is 3.93. The fraction of sp³-hybridized carbons (Fsp3) is 0.727. The maximum absolute atomic E-state index is 5.63. The van der Waals surface area contributed by atoms with Crippen molar-refractivity contribution in [3.63, 3.8) is 0 Å². The van der Waals surface area contributed by atoms with Gasteiger partial charge in [0, 0.05) is 6.54 Å². The molecule has 0 aromatic carbocycles. The number of aryl methyl sites for hydroxylation is 1. The smallest absolute Gasteiger partial charge is 0.159 e. The van der Waals surface area contributed by atoms with E-state index in [1.54, 1.807) is 13.3 Å². The zero-order valence-corrected chi connectivity index (χ0v) is 9.86. The number of nitrogens with zero attached hydrogens (tertiary/aromatic N) is 2. The van der Waals surface area contributed by atoms with Crippen molar-refractivity contribution in [1.29, 1.82) is 0 Å². The maximum atomic E-state index is 5.63. The summed E-state index contributed by atoms with van der Waals surface area (Å²) in [5.41, 5.74) is 6.80. The molecule has 0 radical (unpaired) electrons. The van der Waals surface area contributed by atoms with Gasteiger partial charge in [0.15, 0.2) is 5.75 Å². The van der Waals surface area contributed by atoms with E-state index in [1.807, 2.05) is 4.68 Å². The Labute approximate surface area is 91.4 Å². The van der Waals surface area contributed by atoms with Crippen molar-refractivity contribution in [2.45, 2.75) is 33.2 Å². The number of methoxy groups -OCH3 is 1. The lowest BCUT2D eigenvalue weighted by Crippen LogP contribution is -2.16. The summed E-state index contributed by atoms with van der Waals surface area (Å²) in [6.07, 6.45) is 3.79. The first-order valence-electron chi connectivity index (χ1n) is 5.51. The monoisotopic (exact) mass is 211 g/mol. The molecule has 1 atom stereocenters. The highest BCUT2D eigenvalue weighted by Gasteiger charge is 2.13. The Kier molecular flexibility index (Phi) is 4.62. The number of ether oxygens (including phenoxy) is 1. The summed E-state index contributed by atoms with van der Waals surface area (Å²) >= 11 is 0. The SMILES string of the molecule is CCCn1ncc(OC)c1CC(C)CN. The Morgan fingerprint density at radius 3 is 2.87 bits per heavy atom. The molecule has 0 saturated heterocycles. The Balaban J connectivity index is 2.84. The molecule has 1 aromatic rings. The fourth-order valence-corrected chi connectivity index (χ4v) is 1.59. The lowest BCUT2D eigenvalue weighted by atomic mass is 10.1. The minimum atomic E-state index is 0.464. The third-order valence-electron chi connectivity index (χ3n) is 2.51. The summed E-state index contributed by atoms with van der Waals surface area (Å²) in [5.74, 6) is 1.34. The molecule has 0 aliphatic heterocycles. The summed E-state index contributed by atoms with van der Waals surface area (Å²) in [5, 5.41) is 4.31. The Bertz CT molecular complexity index is 296. The van der Waals surface area contributed by atoms with E-state index in [0.29, 0.717) is 12.5 Å². The van der Waals surface area contributed by atoms with Crippen molar-refractivity contribution in [1.82, 2.24) is 9.78 Å². The molecule has 4 nitrogen and oxygen atoms in total. The maximum Gasteiger partial charge on any atom is 0.159 e. The van der Waals surface area contributed by atoms with Crippen molar-refractivity contribution in [2.75, 3.05) is 13.7 Å². The van der Waals surface area contributed by atoms with Crippen LogP contribution in [0.1, 0.15) is 26.0 Å². The summed E-state index contributed by atoms with van der Waals surface area (Å²) < 4.78 is 7.31. The average Bonchev–Trinajstić information content (AvgIpc) is 2.61. The second kappa shape index (κ2) is 5.75. The van der Waals surface area contributed by atoms with Gasteiger partial charge in [-0.1, -0.05) is 13.8 Å². The first-order valence-corrected chi connectivity index (χ1v) is 5.51. The molecule has 0 amide bonds. The van der Waals surface area contributed by atoms with Gasteiger partial charge >= 0.3 is 0 Å². The Morgan fingerprint density at radius 2 is 2.33 bits per heavy atom. The molecule has 2 N–H and O–H groups in total. The molecule has 1 unspecified atom stereocenters. The van der Waals surface area contributed by atoms with Gasteiger partial charge in [-0.2, -0.15) is 5.10 Å². The molecule has 0 fully saturated rings. The van der Waals surface area contributed by atoms with Gasteiger partial charge in [0.2, 0.25) is 0 Å². The van der Waals surface area contributed by atoms with Crippen molar-refractivity contribution in [3.05, 3.63) is 11.9 Å². The van der Waals surface area contributed by atoms with Crippen LogP contribution in [0.3, 0.4) is 0 Å². The molecular weight excluding hydrogens is 190 g/mol. The van der Waals surface area contributed by atoms with Crippen molar-refractivity contribution in [2.24, 2.45) is 11.7 Å². The highest BCUT2D eigenvalue weighted by molar-refractivity contribution is 5.25. The van der Waals surface area contributed by atoms with E-state index in [4.69, 9.17) is 10.5 Å². The van der Waals surface area contributed by atoms with Crippen LogP contribution in [0.2, 0.25) is 0 Å². The van der Waals surface area contributed by atoms with Gasteiger partial charge in [-0.25, -0.2) is 0 Å². The number of nitrogens with two attached hydrogens (primary N) is 1. The third kappa shape index (κ3) is 2.96. The molecule has 0 aliphatic rings. The molecule has 0 bridgehead atoms. The van der Waals surface area contributed by atoms with Gasteiger partial charge in [0.1, 0.15) is 0 Å². The summed E-state index contributed by atoms with van der Waals surface area (Å²) in [6.45, 7) is 5.92. The largest absolute Gasteiger partial charge is 0.493 e. The Morgan fingerprint density at radius 1 is 1.60 bits per heavy atom. The van der Waals surface area contributed by atoms with Gasteiger partial charge in [0.05, 0.1) is 19.0 Å². The minimum absolute atomic E-state index is 0.464. The van der Waals surface area contributed by atoms with Crippen molar-refractivity contribution < 1.29 is 4.74 Å². The van der Waals surface area contributed by atoms with Gasteiger partial charge in [-0.05, 0) is 25.3 Å². The summed E-state index contributed by atoms with van der Waals surface area (Å²) in [6, 6.07) is 0. The molecule has 0 aliphatic carbocycles. The second-order valence-electron chi connectivity index (χ2n) is 3.93. The molecule has 0 spiro atoms. The van der Waals surface area contributed by atoms with Crippen LogP contribution >= 0.6 is 0 Å². The fourth-order valence-electron chi connectivity index (χ4n) is 1.59. The lowest BCUT2D eigenvalue weighted by Gasteiger charge is -2.12. The molecule has 1 aromatic heterocycles. The first kappa shape index (κ1) is 12.0. The van der Waals surface area contributed by atoms with Crippen LogP contribution < -0.4 is 10.5 Å². The molecule has 0 saturated carbocycles. The van der Waals surface area contributed by atoms with Crippen LogP contribution in [-0.2, 0) is 13.0 Å². The predicted molar refractivity (Wildman–Crippen MR) is 61.0 cm³/mol. The summed E-state index contributed by atoms with van der Waals surface area (Å²) in [4.78, 5) is 0. The number of rotatable bonds is 6. The van der Waals surface area contributed by atoms with E-state index in [2.05, 4.69) is 18.9 Å². The molecule has 15 heavy (non-hydrogen) atoms. The van der Waals surface area contributed by atoms with E-state index in [9.17, 15) is 0 Å². The zero-order valence-electron chi connectivity index (χ0n) is 9.86. The van der Waals surface area contributed by atoms with Crippen molar-refractivity contribution in [3.8, 4) is 5.75 Å². The van der Waals surface area contributed by atoms with E-state index < -0.39 is 0 Å². The first-order chi connectivity index (χ1) is 7.22. The van der Waals surface area contributed by atoms with Gasteiger partial charge in [0.25, 0.3) is 0 Å². The predicted octanol–water partition coefficient (Wildman–Crippen LogP) is 1.44. The van der Waals surface area contributed by atoms with Crippen LogP contribution in [0, 0.1) is 5.92 Å². The highest BCUT2D eigenvalue weighted by Crippen LogP contribution is 2.20. The number of hydrogen-bond acceptors (Lipinski definition) is 3. The quantitative estimate of drug-likeness (QED) is 0.774.